The highest BCUT2D eigenvalue weighted by atomic mass is 16.4. The SMILES string of the molecule is CCC(C)C(NC(=O)C(CO)NC(=O)C1CCCN1C(=O)C(N)CCCN=C(N)N)C(=O)O. The zero-order chi connectivity index (χ0) is 25.1. The molecule has 0 aliphatic carbocycles. The van der Waals surface area contributed by atoms with Gasteiger partial charge in [0.25, 0.3) is 0 Å². The Bertz CT molecular complexity index is 728. The molecule has 10 N–H and O–H groups in total. The van der Waals surface area contributed by atoms with Gasteiger partial charge < -0.3 is 42.9 Å². The molecule has 0 aromatic carbocycles. The van der Waals surface area contributed by atoms with Crippen molar-refractivity contribution in [3.63, 3.8) is 0 Å². The van der Waals surface area contributed by atoms with E-state index in [-0.39, 0.29) is 11.9 Å². The highest BCUT2D eigenvalue weighted by Crippen LogP contribution is 2.19. The third-order valence-electron chi connectivity index (χ3n) is 5.72. The minimum Gasteiger partial charge on any atom is -0.480 e. The van der Waals surface area contributed by atoms with Crippen LogP contribution in [0.5, 0.6) is 0 Å². The minimum atomic E-state index is -1.35. The van der Waals surface area contributed by atoms with Crippen LogP contribution in [0.3, 0.4) is 0 Å². The van der Waals surface area contributed by atoms with E-state index in [0.29, 0.717) is 45.2 Å². The third-order valence-corrected chi connectivity index (χ3v) is 5.72. The van der Waals surface area contributed by atoms with Crippen LogP contribution in [0, 0.1) is 5.92 Å². The van der Waals surface area contributed by atoms with Gasteiger partial charge in [0, 0.05) is 13.1 Å². The number of hydrogen-bond donors (Lipinski definition) is 7. The van der Waals surface area contributed by atoms with E-state index in [1.54, 1.807) is 13.8 Å². The molecule has 33 heavy (non-hydrogen) atoms. The van der Waals surface area contributed by atoms with Crippen LogP contribution in [0.25, 0.3) is 0 Å². The van der Waals surface area contributed by atoms with Crippen molar-refractivity contribution in [2.45, 2.75) is 70.1 Å². The number of likely N-dealkylation sites (tertiary alicyclic amines) is 1. The lowest BCUT2D eigenvalue weighted by molar-refractivity contribution is -0.144. The molecular weight excluding hydrogens is 434 g/mol. The highest BCUT2D eigenvalue weighted by Gasteiger charge is 2.38. The van der Waals surface area contributed by atoms with Crippen LogP contribution in [0.4, 0.5) is 0 Å². The topological polar surface area (TPSA) is 226 Å². The lowest BCUT2D eigenvalue weighted by Gasteiger charge is -2.28. The van der Waals surface area contributed by atoms with Crippen LogP contribution in [0.1, 0.15) is 46.0 Å². The Labute approximate surface area is 193 Å². The summed E-state index contributed by atoms with van der Waals surface area (Å²) in [5, 5.41) is 23.7. The quantitative estimate of drug-likeness (QED) is 0.0850. The van der Waals surface area contributed by atoms with Crippen molar-refractivity contribution in [2.24, 2.45) is 28.1 Å². The molecule has 5 atom stereocenters. The molecule has 0 radical (unpaired) electrons. The largest absolute Gasteiger partial charge is 0.480 e. The second-order valence-electron chi connectivity index (χ2n) is 8.20. The first kappa shape index (κ1) is 28.1. The predicted molar refractivity (Wildman–Crippen MR) is 121 cm³/mol. The first-order chi connectivity index (χ1) is 15.5. The Hall–Kier alpha value is -2.93. The molecule has 1 saturated heterocycles. The summed E-state index contributed by atoms with van der Waals surface area (Å²) in [7, 11) is 0. The molecule has 0 spiro atoms. The average Bonchev–Trinajstić information content (AvgIpc) is 3.26. The van der Waals surface area contributed by atoms with Crippen LogP contribution in [0.15, 0.2) is 4.99 Å². The summed E-state index contributed by atoms with van der Waals surface area (Å²) >= 11 is 0. The van der Waals surface area contributed by atoms with E-state index in [1.165, 1.54) is 4.90 Å². The molecule has 1 aliphatic rings. The molecule has 3 amide bonds. The number of guanidine groups is 1. The molecule has 13 nitrogen and oxygen atoms in total. The Morgan fingerprint density at radius 3 is 2.42 bits per heavy atom. The molecule has 13 heteroatoms. The van der Waals surface area contributed by atoms with Crippen molar-refractivity contribution in [1.82, 2.24) is 15.5 Å². The van der Waals surface area contributed by atoms with Crippen LogP contribution in [-0.2, 0) is 19.2 Å². The van der Waals surface area contributed by atoms with Crippen molar-refractivity contribution in [1.29, 1.82) is 0 Å². The predicted octanol–water partition coefficient (Wildman–Crippen LogP) is -2.55. The van der Waals surface area contributed by atoms with Gasteiger partial charge in [0.15, 0.2) is 5.96 Å². The number of nitrogens with one attached hydrogen (secondary N) is 2. The van der Waals surface area contributed by atoms with Gasteiger partial charge in [-0.1, -0.05) is 20.3 Å². The Balaban J connectivity index is 2.74. The molecule has 0 aromatic heterocycles. The summed E-state index contributed by atoms with van der Waals surface area (Å²) in [6, 6.07) is -4.19. The van der Waals surface area contributed by atoms with Gasteiger partial charge in [-0.05, 0) is 31.6 Å². The number of amides is 3. The first-order valence-electron chi connectivity index (χ1n) is 11.1. The van der Waals surface area contributed by atoms with Gasteiger partial charge in [0.05, 0.1) is 12.6 Å². The molecule has 1 rings (SSSR count). The van der Waals surface area contributed by atoms with Crippen molar-refractivity contribution in [2.75, 3.05) is 19.7 Å². The van der Waals surface area contributed by atoms with Gasteiger partial charge in [-0.2, -0.15) is 0 Å². The smallest absolute Gasteiger partial charge is 0.326 e. The number of hydrogen-bond acceptors (Lipinski definition) is 7. The van der Waals surface area contributed by atoms with Gasteiger partial charge in [0.1, 0.15) is 18.1 Å². The molecule has 0 saturated carbocycles. The Morgan fingerprint density at radius 2 is 1.88 bits per heavy atom. The number of aliphatic hydroxyl groups is 1. The number of aliphatic carboxylic acids is 1. The van der Waals surface area contributed by atoms with Gasteiger partial charge in [-0.15, -0.1) is 0 Å². The number of carbonyl (C=O) groups excluding carboxylic acids is 3. The number of aliphatic hydroxyl groups excluding tert-OH is 1. The molecule has 188 valence electrons. The van der Waals surface area contributed by atoms with Gasteiger partial charge in [-0.3, -0.25) is 19.4 Å². The van der Waals surface area contributed by atoms with E-state index in [1.807, 2.05) is 0 Å². The molecular formula is C20H37N7O6. The normalized spacial score (nSPS) is 19.2. The molecule has 1 fully saturated rings. The lowest BCUT2D eigenvalue weighted by Crippen LogP contribution is -2.58. The zero-order valence-corrected chi connectivity index (χ0v) is 19.2. The fourth-order valence-corrected chi connectivity index (χ4v) is 3.56. The second-order valence-corrected chi connectivity index (χ2v) is 8.20. The van der Waals surface area contributed by atoms with Crippen molar-refractivity contribution >= 4 is 29.7 Å². The number of carboxylic acids is 1. The Kier molecular flexibility index (Phi) is 11.6. The second kappa shape index (κ2) is 13.6. The van der Waals surface area contributed by atoms with E-state index in [9.17, 15) is 29.4 Å². The van der Waals surface area contributed by atoms with Crippen molar-refractivity contribution < 1.29 is 29.4 Å². The summed E-state index contributed by atoms with van der Waals surface area (Å²) in [5.74, 6) is -3.43. The van der Waals surface area contributed by atoms with Crippen molar-refractivity contribution in [3.8, 4) is 0 Å². The minimum absolute atomic E-state index is 0.0486. The van der Waals surface area contributed by atoms with E-state index in [2.05, 4.69) is 15.6 Å². The van der Waals surface area contributed by atoms with Crippen molar-refractivity contribution in [3.05, 3.63) is 0 Å². The molecule has 5 unspecified atom stereocenters. The standard InChI is InChI=1S/C20H37N7O6/c1-3-11(2)15(19(32)33)26-16(29)13(10-28)25-17(30)14-7-5-9-27(14)18(31)12(21)6-4-8-24-20(22)23/h11-15,28H,3-10,21H2,1-2H3,(H,25,30)(H,26,29)(H,32,33)(H4,22,23,24). The zero-order valence-electron chi connectivity index (χ0n) is 19.2. The van der Waals surface area contributed by atoms with E-state index in [4.69, 9.17) is 17.2 Å². The molecule has 1 heterocycles. The van der Waals surface area contributed by atoms with Crippen LogP contribution in [0.2, 0.25) is 0 Å². The first-order valence-corrected chi connectivity index (χ1v) is 11.1. The summed E-state index contributed by atoms with van der Waals surface area (Å²) in [5.41, 5.74) is 16.5. The van der Waals surface area contributed by atoms with E-state index in [0.717, 1.165) is 0 Å². The monoisotopic (exact) mass is 471 g/mol. The third kappa shape index (κ3) is 8.50. The van der Waals surface area contributed by atoms with Gasteiger partial charge >= 0.3 is 5.97 Å². The number of nitrogens with two attached hydrogens (primary N) is 3. The average molecular weight is 472 g/mol. The summed E-state index contributed by atoms with van der Waals surface area (Å²) in [6.07, 6.45) is 2.29. The fourth-order valence-electron chi connectivity index (χ4n) is 3.56. The van der Waals surface area contributed by atoms with Crippen LogP contribution >= 0.6 is 0 Å². The maximum absolute atomic E-state index is 12.8. The number of carbonyl (C=O) groups is 4. The maximum atomic E-state index is 12.8. The Morgan fingerprint density at radius 1 is 1.21 bits per heavy atom. The molecule has 1 aliphatic heterocycles. The summed E-state index contributed by atoms with van der Waals surface area (Å²) in [4.78, 5) is 54.7. The number of aliphatic imine (C=N–C) groups is 1. The molecule has 0 aromatic rings. The number of carboxylic acid groups (broad SMARTS) is 1. The van der Waals surface area contributed by atoms with Gasteiger partial charge in [0.2, 0.25) is 17.7 Å². The number of nitrogens with zero attached hydrogens (tertiary/aromatic N) is 2. The summed E-state index contributed by atoms with van der Waals surface area (Å²) < 4.78 is 0. The van der Waals surface area contributed by atoms with Crippen LogP contribution in [-0.4, -0.2) is 88.6 Å². The van der Waals surface area contributed by atoms with Gasteiger partial charge in [-0.25, -0.2) is 4.79 Å². The van der Waals surface area contributed by atoms with E-state index >= 15 is 0 Å². The maximum Gasteiger partial charge on any atom is 0.326 e. The van der Waals surface area contributed by atoms with E-state index < -0.39 is 54.5 Å². The molecule has 0 bridgehead atoms. The summed E-state index contributed by atoms with van der Waals surface area (Å²) in [6.45, 7) is 3.40. The van der Waals surface area contributed by atoms with Crippen LogP contribution < -0.4 is 27.8 Å². The lowest BCUT2D eigenvalue weighted by atomic mass is 9.99. The fraction of sp³-hybridized carbons (Fsp3) is 0.750. The highest BCUT2D eigenvalue weighted by molar-refractivity contribution is 5.94. The number of rotatable bonds is 13.